The molecule has 3 aromatic rings. The predicted molar refractivity (Wildman–Crippen MR) is 113 cm³/mol. The highest BCUT2D eigenvalue weighted by molar-refractivity contribution is 9.10. The van der Waals surface area contributed by atoms with Crippen LogP contribution in [0.1, 0.15) is 5.76 Å². The second kappa shape index (κ2) is 7.69. The number of halogens is 1. The van der Waals surface area contributed by atoms with Crippen molar-refractivity contribution in [1.82, 2.24) is 0 Å². The summed E-state index contributed by atoms with van der Waals surface area (Å²) in [5, 5.41) is -0.375. The van der Waals surface area contributed by atoms with E-state index in [1.54, 1.807) is 36.4 Å². The summed E-state index contributed by atoms with van der Waals surface area (Å²) >= 11 is 4.28. The molecule has 0 aliphatic carbocycles. The standard InChI is InChI=1S/C21H14BrNO4S/c1-26-18-5-3-2-4-16(18)23-20(24)19(28-21(23)25)12-15-10-11-17(27-15)13-6-8-14(22)9-7-13/h2-12H,1H3/b19-12+. The van der Waals surface area contributed by atoms with Gasteiger partial charge in [0.1, 0.15) is 17.3 Å². The Morgan fingerprint density at radius 1 is 1.04 bits per heavy atom. The molecule has 28 heavy (non-hydrogen) atoms. The number of carbonyl (C=O) groups is 2. The highest BCUT2D eigenvalue weighted by Crippen LogP contribution is 2.39. The first-order valence-electron chi connectivity index (χ1n) is 8.33. The average molecular weight is 456 g/mol. The first-order chi connectivity index (χ1) is 13.6. The largest absolute Gasteiger partial charge is 0.495 e. The van der Waals surface area contributed by atoms with E-state index < -0.39 is 5.91 Å². The maximum Gasteiger partial charge on any atom is 0.298 e. The molecule has 1 aliphatic rings. The van der Waals surface area contributed by atoms with E-state index in [9.17, 15) is 9.59 Å². The van der Waals surface area contributed by atoms with Gasteiger partial charge in [-0.15, -0.1) is 0 Å². The number of amides is 2. The number of benzene rings is 2. The number of hydrogen-bond acceptors (Lipinski definition) is 5. The molecule has 0 spiro atoms. The maximum absolute atomic E-state index is 12.8. The number of methoxy groups -OCH3 is 1. The van der Waals surface area contributed by atoms with Gasteiger partial charge in [-0.25, -0.2) is 4.90 Å². The summed E-state index contributed by atoms with van der Waals surface area (Å²) in [6.45, 7) is 0. The van der Waals surface area contributed by atoms with Crippen LogP contribution in [-0.2, 0) is 4.79 Å². The Morgan fingerprint density at radius 3 is 2.54 bits per heavy atom. The van der Waals surface area contributed by atoms with Gasteiger partial charge in [0.15, 0.2) is 0 Å². The van der Waals surface area contributed by atoms with Crippen molar-refractivity contribution < 1.29 is 18.7 Å². The van der Waals surface area contributed by atoms with Gasteiger partial charge < -0.3 is 9.15 Å². The molecule has 0 atom stereocenters. The van der Waals surface area contributed by atoms with Crippen molar-refractivity contribution in [2.24, 2.45) is 0 Å². The SMILES string of the molecule is COc1ccccc1N1C(=O)S/C(=C/c2ccc(-c3ccc(Br)cc3)o2)C1=O. The van der Waals surface area contributed by atoms with Crippen LogP contribution in [0.4, 0.5) is 10.5 Å². The zero-order chi connectivity index (χ0) is 19.7. The maximum atomic E-state index is 12.8. The van der Waals surface area contributed by atoms with Crippen molar-refractivity contribution in [3.05, 3.63) is 75.8 Å². The van der Waals surface area contributed by atoms with Crippen molar-refractivity contribution in [2.75, 3.05) is 12.0 Å². The number of anilines is 1. The van der Waals surface area contributed by atoms with Crippen molar-refractivity contribution in [3.8, 4) is 17.1 Å². The minimum atomic E-state index is -0.402. The number of nitrogens with zero attached hydrogens (tertiary/aromatic N) is 1. The number of rotatable bonds is 4. The van der Waals surface area contributed by atoms with E-state index in [-0.39, 0.29) is 5.24 Å². The van der Waals surface area contributed by atoms with Crippen LogP contribution in [0.25, 0.3) is 17.4 Å². The summed E-state index contributed by atoms with van der Waals surface area (Å²) < 4.78 is 12.1. The minimum absolute atomic E-state index is 0.299. The second-order valence-electron chi connectivity index (χ2n) is 5.90. The molecule has 0 saturated carbocycles. The van der Waals surface area contributed by atoms with E-state index in [2.05, 4.69) is 15.9 Å². The summed E-state index contributed by atoms with van der Waals surface area (Å²) in [6.07, 6.45) is 1.59. The van der Waals surface area contributed by atoms with Gasteiger partial charge in [0.05, 0.1) is 17.7 Å². The summed E-state index contributed by atoms with van der Waals surface area (Å²) in [7, 11) is 1.50. The van der Waals surface area contributed by atoms with Crippen LogP contribution < -0.4 is 9.64 Å². The quantitative estimate of drug-likeness (QED) is 0.454. The van der Waals surface area contributed by atoms with E-state index in [1.165, 1.54) is 7.11 Å². The molecule has 0 N–H and O–H groups in total. The fraction of sp³-hybridized carbons (Fsp3) is 0.0476. The first-order valence-corrected chi connectivity index (χ1v) is 9.94. The predicted octanol–water partition coefficient (Wildman–Crippen LogP) is 5.96. The van der Waals surface area contributed by atoms with Gasteiger partial charge in [-0.3, -0.25) is 9.59 Å². The number of thioether (sulfide) groups is 1. The van der Waals surface area contributed by atoms with Gasteiger partial charge in [-0.05, 0) is 48.2 Å². The van der Waals surface area contributed by atoms with Gasteiger partial charge in [-0.2, -0.15) is 0 Å². The lowest BCUT2D eigenvalue weighted by Gasteiger charge is -2.15. The zero-order valence-electron chi connectivity index (χ0n) is 14.7. The third-order valence-electron chi connectivity index (χ3n) is 4.15. The lowest BCUT2D eigenvalue weighted by Crippen LogP contribution is -2.28. The Labute approximate surface area is 174 Å². The van der Waals surface area contributed by atoms with Crippen LogP contribution >= 0.6 is 27.7 Å². The van der Waals surface area contributed by atoms with Crippen LogP contribution in [-0.4, -0.2) is 18.3 Å². The van der Waals surface area contributed by atoms with Gasteiger partial charge in [0.2, 0.25) is 0 Å². The Bertz CT molecular complexity index is 1090. The Morgan fingerprint density at radius 2 is 1.79 bits per heavy atom. The minimum Gasteiger partial charge on any atom is -0.495 e. The molecule has 0 radical (unpaired) electrons. The van der Waals surface area contributed by atoms with Gasteiger partial charge >= 0.3 is 0 Å². The number of hydrogen-bond donors (Lipinski definition) is 0. The fourth-order valence-electron chi connectivity index (χ4n) is 2.82. The number of imide groups is 1. The van der Waals surface area contributed by atoms with Crippen LogP contribution in [0.3, 0.4) is 0 Å². The molecule has 5 nitrogen and oxygen atoms in total. The van der Waals surface area contributed by atoms with Crippen LogP contribution in [0, 0.1) is 0 Å². The van der Waals surface area contributed by atoms with Crippen molar-refractivity contribution >= 4 is 50.6 Å². The van der Waals surface area contributed by atoms with Crippen LogP contribution in [0.2, 0.25) is 0 Å². The van der Waals surface area contributed by atoms with E-state index in [4.69, 9.17) is 9.15 Å². The molecule has 0 bridgehead atoms. The molecule has 1 aromatic heterocycles. The Balaban J connectivity index is 1.62. The lowest BCUT2D eigenvalue weighted by atomic mass is 10.2. The van der Waals surface area contributed by atoms with E-state index in [0.29, 0.717) is 27.9 Å². The number of furan rings is 1. The van der Waals surface area contributed by atoms with Crippen LogP contribution in [0.15, 0.2) is 74.5 Å². The average Bonchev–Trinajstić information content (AvgIpc) is 3.27. The molecule has 2 heterocycles. The van der Waals surface area contributed by atoms with Gasteiger partial charge in [0.25, 0.3) is 11.1 Å². The molecule has 2 amide bonds. The molecule has 1 fully saturated rings. The summed E-state index contributed by atoms with van der Waals surface area (Å²) in [4.78, 5) is 26.7. The molecule has 4 rings (SSSR count). The molecular weight excluding hydrogens is 442 g/mol. The zero-order valence-corrected chi connectivity index (χ0v) is 17.1. The Hall–Kier alpha value is -2.77. The molecule has 7 heteroatoms. The molecule has 2 aromatic carbocycles. The number of ether oxygens (including phenoxy) is 1. The summed E-state index contributed by atoms with van der Waals surface area (Å²) in [5.74, 6) is 1.24. The fourth-order valence-corrected chi connectivity index (χ4v) is 3.90. The topological polar surface area (TPSA) is 59.8 Å². The van der Waals surface area contributed by atoms with Crippen molar-refractivity contribution in [2.45, 2.75) is 0 Å². The van der Waals surface area contributed by atoms with Gasteiger partial charge in [-0.1, -0.05) is 40.2 Å². The third-order valence-corrected chi connectivity index (χ3v) is 5.55. The Kier molecular flexibility index (Phi) is 5.11. The second-order valence-corrected chi connectivity index (χ2v) is 7.81. The molecule has 1 aliphatic heterocycles. The molecular formula is C21H14BrNO4S. The smallest absolute Gasteiger partial charge is 0.298 e. The van der Waals surface area contributed by atoms with Crippen molar-refractivity contribution in [3.63, 3.8) is 0 Å². The summed E-state index contributed by atoms with van der Waals surface area (Å²) in [6, 6.07) is 18.2. The number of para-hydroxylation sites is 2. The van der Waals surface area contributed by atoms with Crippen molar-refractivity contribution in [1.29, 1.82) is 0 Å². The highest BCUT2D eigenvalue weighted by atomic mass is 79.9. The lowest BCUT2D eigenvalue weighted by molar-refractivity contribution is -0.113. The van der Waals surface area contributed by atoms with E-state index >= 15 is 0 Å². The number of carbonyl (C=O) groups excluding carboxylic acids is 2. The molecule has 140 valence electrons. The normalized spacial score (nSPS) is 15.5. The molecule has 0 unspecified atom stereocenters. The van der Waals surface area contributed by atoms with Gasteiger partial charge in [0, 0.05) is 16.1 Å². The first kappa shape index (κ1) is 18.6. The molecule has 1 saturated heterocycles. The highest BCUT2D eigenvalue weighted by Gasteiger charge is 2.37. The summed E-state index contributed by atoms with van der Waals surface area (Å²) in [5.41, 5.74) is 1.34. The van der Waals surface area contributed by atoms with Crippen LogP contribution in [0.5, 0.6) is 5.75 Å². The van der Waals surface area contributed by atoms with E-state index in [0.717, 1.165) is 26.7 Å². The van der Waals surface area contributed by atoms with E-state index in [1.807, 2.05) is 30.3 Å². The third kappa shape index (κ3) is 3.50. The monoisotopic (exact) mass is 455 g/mol.